The van der Waals surface area contributed by atoms with E-state index < -0.39 is 0 Å². The molecule has 6 aliphatic carbocycles. The van der Waals surface area contributed by atoms with Gasteiger partial charge >= 0.3 is 0 Å². The first-order valence-corrected chi connectivity index (χ1v) is 13.9. The first kappa shape index (κ1) is 43.2. The second-order valence-corrected chi connectivity index (χ2v) is 9.08. The number of fused-ring (bicyclic) bond motifs is 2. The van der Waals surface area contributed by atoms with Crippen molar-refractivity contribution >= 4 is 11.5 Å². The number of rotatable bonds is 0. The van der Waals surface area contributed by atoms with Gasteiger partial charge in [-0.15, -0.1) is 0 Å². The Morgan fingerprint density at radius 3 is 1.02 bits per heavy atom. The summed E-state index contributed by atoms with van der Waals surface area (Å²) in [6.45, 7) is 0. The van der Waals surface area contributed by atoms with E-state index in [0.29, 0.717) is 11.5 Å². The number of allylic oxidation sites excluding steroid dienone is 2. The molecule has 0 spiro atoms. The van der Waals surface area contributed by atoms with Gasteiger partial charge in [0.25, 0.3) is 0 Å². The van der Waals surface area contributed by atoms with Crippen LogP contribution < -0.4 is 0 Å². The summed E-state index contributed by atoms with van der Waals surface area (Å²) in [4.78, 5) is 0. The van der Waals surface area contributed by atoms with Gasteiger partial charge in [-0.1, -0.05) is 48.5 Å². The maximum absolute atomic E-state index is 9.42. The predicted molar refractivity (Wildman–Crippen MR) is 176 cm³/mol. The molecule has 222 valence electrons. The Hall–Kier alpha value is -0.754. The van der Waals surface area contributed by atoms with Crippen LogP contribution in [0.1, 0.15) is 28.7 Å². The van der Waals surface area contributed by atoms with Crippen LogP contribution in [0.3, 0.4) is 0 Å². The second-order valence-electron chi connectivity index (χ2n) is 9.08. The summed E-state index contributed by atoms with van der Waals surface area (Å²) in [5.41, 5.74) is 4.47. The van der Waals surface area contributed by atoms with E-state index >= 15 is 0 Å². The molecule has 20 radical (unpaired) electrons. The van der Waals surface area contributed by atoms with E-state index in [0.717, 1.165) is 30.4 Å². The van der Waals surface area contributed by atoms with Gasteiger partial charge in [0.2, 0.25) is 0 Å². The molecule has 0 bridgehead atoms. The van der Waals surface area contributed by atoms with Crippen molar-refractivity contribution in [2.45, 2.75) is 19.3 Å². The molecule has 2 aromatic carbocycles. The molecule has 44 heavy (non-hydrogen) atoms. The van der Waals surface area contributed by atoms with Gasteiger partial charge in [0, 0.05) is 63.5 Å². The third-order valence-electron chi connectivity index (χ3n) is 6.08. The number of benzene rings is 2. The van der Waals surface area contributed by atoms with Crippen molar-refractivity contribution in [2.75, 3.05) is 0 Å². The molecule has 0 heterocycles. The molecular formula is C39H40O3Zr2. The summed E-state index contributed by atoms with van der Waals surface area (Å²) in [6.07, 6.45) is 46.6. The van der Waals surface area contributed by atoms with Crippen LogP contribution in [0.15, 0.2) is 60.7 Å². The zero-order chi connectivity index (χ0) is 28.8. The van der Waals surface area contributed by atoms with Crippen molar-refractivity contribution in [1.29, 1.82) is 0 Å². The molecule has 8 rings (SSSR count). The second kappa shape index (κ2) is 28.5. The molecule has 2 aromatic rings. The van der Waals surface area contributed by atoms with Crippen LogP contribution >= 0.6 is 0 Å². The van der Waals surface area contributed by atoms with Crippen LogP contribution in [-0.2, 0) is 65.2 Å². The quantitative estimate of drug-likeness (QED) is 0.288. The Kier molecular flexibility index (Phi) is 28.0. The van der Waals surface area contributed by atoms with E-state index in [2.05, 4.69) is 6.07 Å². The van der Waals surface area contributed by atoms with Crippen LogP contribution in [0.2, 0.25) is 0 Å². The van der Waals surface area contributed by atoms with Crippen molar-refractivity contribution in [2.24, 2.45) is 0 Å². The maximum Gasteiger partial charge on any atom is 0.119 e. The van der Waals surface area contributed by atoms with Gasteiger partial charge in [-0.3, -0.25) is 0 Å². The number of aliphatic hydroxyl groups excluding tert-OH is 2. The summed E-state index contributed by atoms with van der Waals surface area (Å²) < 4.78 is 0. The van der Waals surface area contributed by atoms with Crippen LogP contribution in [0.5, 0.6) is 0 Å². The average Bonchev–Trinajstić information content (AvgIpc) is 3.88. The fourth-order valence-corrected chi connectivity index (χ4v) is 4.01. The molecule has 0 unspecified atom stereocenters. The Balaban J connectivity index is 0.000000516. The molecule has 4 saturated carbocycles. The van der Waals surface area contributed by atoms with E-state index in [1.165, 1.54) is 11.1 Å². The van der Waals surface area contributed by atoms with Crippen molar-refractivity contribution < 1.29 is 68.1 Å². The molecule has 0 amide bonds. The van der Waals surface area contributed by atoms with Gasteiger partial charge in [0.1, 0.15) is 11.5 Å². The number of hydrogen-bond donors (Lipinski definition) is 2. The number of hydrogen-bond acceptors (Lipinski definition) is 2. The molecule has 0 aromatic heterocycles. The molecule has 5 heteroatoms. The zero-order valence-electron chi connectivity index (χ0n) is 24.8. The molecule has 0 saturated heterocycles. The fourth-order valence-electron chi connectivity index (χ4n) is 4.01. The van der Waals surface area contributed by atoms with E-state index in [4.69, 9.17) is 0 Å². The van der Waals surface area contributed by atoms with Gasteiger partial charge in [0.15, 0.2) is 0 Å². The Morgan fingerprint density at radius 2 is 0.682 bits per heavy atom. The van der Waals surface area contributed by atoms with E-state index in [1.807, 2.05) is 183 Å². The number of aryl methyl sites for hydroxylation is 1. The average molecular weight is 739 g/mol. The topological polar surface area (TPSA) is 72.0 Å². The number of aliphatic hydroxyl groups is 2. The predicted octanol–water partition coefficient (Wildman–Crippen LogP) is 7.93. The summed E-state index contributed by atoms with van der Waals surface area (Å²) >= 11 is 0. The summed E-state index contributed by atoms with van der Waals surface area (Å²) in [5.74, 6) is 0.863. The third-order valence-corrected chi connectivity index (χ3v) is 6.08. The minimum absolute atomic E-state index is 0. The molecule has 0 aliphatic heterocycles. The van der Waals surface area contributed by atoms with Crippen LogP contribution in [0.4, 0.5) is 0 Å². The summed E-state index contributed by atoms with van der Waals surface area (Å²) in [5, 5.41) is 18.7. The zero-order valence-corrected chi connectivity index (χ0v) is 29.8. The standard InChI is InChI=1S/C10H10O.C9H8O.4C5H5.H2O.2Zr/c11-10-7-3-5-8-4-1-2-6-9(8)10;10-9-6-5-7-3-1-2-4-8(7)9;4*1-2-4-5-3-1;;;/h1-2,4,6-7,11H,3,5H2;1-4,6,10H,5H2;4*1-5H;1H2;;. The SMILES string of the molecule is O.OC1=CCCc2ccccc21.OC1=CCc2ccccc21.[CH]1[CH][CH][CH][CH]1.[CH]1[CH][CH][CH][CH]1.[CH]1[CH][CH][CH][CH]1.[CH]1[CH][CH][CH][CH]1.[Zr].[Zr]. The smallest absolute Gasteiger partial charge is 0.119 e. The van der Waals surface area contributed by atoms with Crippen molar-refractivity contribution in [3.8, 4) is 0 Å². The Morgan fingerprint density at radius 1 is 0.386 bits per heavy atom. The third kappa shape index (κ3) is 18.4. The van der Waals surface area contributed by atoms with Crippen molar-refractivity contribution in [3.05, 3.63) is 211 Å². The Labute approximate surface area is 308 Å². The van der Waals surface area contributed by atoms with Crippen LogP contribution in [0.25, 0.3) is 11.5 Å². The van der Waals surface area contributed by atoms with Gasteiger partial charge in [-0.2, -0.15) is 0 Å². The van der Waals surface area contributed by atoms with Crippen molar-refractivity contribution in [3.63, 3.8) is 0 Å². The van der Waals surface area contributed by atoms with E-state index in [-0.39, 0.29) is 57.9 Å². The minimum Gasteiger partial charge on any atom is -0.508 e. The van der Waals surface area contributed by atoms with E-state index in [9.17, 15) is 10.2 Å². The normalized spacial score (nSPS) is 18.1. The molecule has 6 aliphatic rings. The first-order chi connectivity index (χ1) is 20.3. The molecule has 4 fully saturated rings. The van der Waals surface area contributed by atoms with E-state index in [1.54, 1.807) is 0 Å². The first-order valence-electron chi connectivity index (χ1n) is 13.9. The largest absolute Gasteiger partial charge is 0.508 e. The fraction of sp³-hybridized carbons (Fsp3) is 0.0769. The van der Waals surface area contributed by atoms with Gasteiger partial charge in [-0.25, -0.2) is 0 Å². The van der Waals surface area contributed by atoms with Crippen molar-refractivity contribution in [1.82, 2.24) is 0 Å². The van der Waals surface area contributed by atoms with Gasteiger partial charge < -0.3 is 15.7 Å². The summed E-state index contributed by atoms with van der Waals surface area (Å²) in [6, 6.07) is 15.9. The molecule has 0 atom stereocenters. The monoisotopic (exact) mass is 736 g/mol. The van der Waals surface area contributed by atoms with Crippen LogP contribution in [-0.4, -0.2) is 15.7 Å². The van der Waals surface area contributed by atoms with Gasteiger partial charge in [0.05, 0.1) is 0 Å². The minimum atomic E-state index is 0. The maximum atomic E-state index is 9.42. The summed E-state index contributed by atoms with van der Waals surface area (Å²) in [7, 11) is 0. The molecule has 4 N–H and O–H groups in total. The van der Waals surface area contributed by atoms with Crippen LogP contribution in [0, 0.1) is 128 Å². The molecular weight excluding hydrogens is 699 g/mol. The van der Waals surface area contributed by atoms with Gasteiger partial charge in [-0.05, 0) is 171 Å². The molecule has 3 nitrogen and oxygen atoms in total. The Bertz CT molecular complexity index is 947.